The number of rotatable bonds is 1. The summed E-state index contributed by atoms with van der Waals surface area (Å²) in [5.74, 6) is 2.24. The van der Waals surface area contributed by atoms with Crippen molar-refractivity contribution in [2.75, 3.05) is 6.61 Å². The zero-order valence-electron chi connectivity index (χ0n) is 9.21. The van der Waals surface area contributed by atoms with E-state index in [1.807, 2.05) is 31.3 Å². The first-order chi connectivity index (χ1) is 8.25. The van der Waals surface area contributed by atoms with Gasteiger partial charge in [-0.1, -0.05) is 12.1 Å². The summed E-state index contributed by atoms with van der Waals surface area (Å²) in [5, 5.41) is 6.89. The molecule has 0 aliphatic carbocycles. The number of fused-ring (bicyclic) bond motifs is 1. The summed E-state index contributed by atoms with van der Waals surface area (Å²) in [6, 6.07) is 7.59. The Labute approximate surface area is 103 Å². The standard InChI is InChI=1S/C11H11N3O2S/c1-14-10(12-13-11(14)17)9-6-15-7-4-2-3-5-8(7)16-9/h2-5,9H,6H2,1H3,(H,13,17)/t9-/m1/s1. The number of hydrogen-bond donors (Lipinski definition) is 1. The molecule has 5 nitrogen and oxygen atoms in total. The number of nitrogens with zero attached hydrogens (tertiary/aromatic N) is 2. The molecule has 0 bridgehead atoms. The first-order valence-electron chi connectivity index (χ1n) is 5.25. The van der Waals surface area contributed by atoms with Gasteiger partial charge >= 0.3 is 0 Å². The average molecular weight is 249 g/mol. The molecule has 0 saturated carbocycles. The minimum absolute atomic E-state index is 0.233. The maximum Gasteiger partial charge on any atom is 0.195 e. The first-order valence-corrected chi connectivity index (χ1v) is 5.66. The third-order valence-corrected chi connectivity index (χ3v) is 3.08. The van der Waals surface area contributed by atoms with Gasteiger partial charge in [0.1, 0.15) is 6.61 Å². The van der Waals surface area contributed by atoms with Crippen molar-refractivity contribution in [3.63, 3.8) is 0 Å². The van der Waals surface area contributed by atoms with E-state index in [0.29, 0.717) is 11.4 Å². The zero-order valence-corrected chi connectivity index (χ0v) is 10.0. The molecular weight excluding hydrogens is 238 g/mol. The highest BCUT2D eigenvalue weighted by molar-refractivity contribution is 7.71. The van der Waals surface area contributed by atoms with Gasteiger partial charge in [-0.15, -0.1) is 0 Å². The Morgan fingerprint density at radius 1 is 1.41 bits per heavy atom. The first kappa shape index (κ1) is 10.3. The molecule has 3 rings (SSSR count). The summed E-state index contributed by atoms with van der Waals surface area (Å²) in [6.45, 7) is 0.435. The van der Waals surface area contributed by atoms with Crippen molar-refractivity contribution in [1.29, 1.82) is 0 Å². The third-order valence-electron chi connectivity index (χ3n) is 2.71. The highest BCUT2D eigenvalue weighted by Crippen LogP contribution is 2.35. The summed E-state index contributed by atoms with van der Waals surface area (Å²) in [4.78, 5) is 0. The van der Waals surface area contributed by atoms with Crippen LogP contribution in [-0.4, -0.2) is 21.4 Å². The van der Waals surface area contributed by atoms with Gasteiger partial charge in [-0.05, 0) is 24.4 Å². The van der Waals surface area contributed by atoms with Crippen molar-refractivity contribution in [2.45, 2.75) is 6.10 Å². The molecule has 17 heavy (non-hydrogen) atoms. The van der Waals surface area contributed by atoms with Gasteiger partial charge < -0.3 is 14.0 Å². The van der Waals surface area contributed by atoms with Gasteiger partial charge in [0.25, 0.3) is 0 Å². The largest absolute Gasteiger partial charge is 0.485 e. The molecule has 1 aliphatic rings. The molecule has 1 aromatic heterocycles. The SMILES string of the molecule is Cn1c([C@H]2COc3ccccc3O2)n[nH]c1=S. The Bertz CT molecular complexity index is 605. The van der Waals surface area contributed by atoms with Gasteiger partial charge in [-0.3, -0.25) is 5.10 Å². The summed E-state index contributed by atoms with van der Waals surface area (Å²) < 4.78 is 13.8. The molecular formula is C11H11N3O2S. The lowest BCUT2D eigenvalue weighted by Crippen LogP contribution is -2.24. The van der Waals surface area contributed by atoms with Crippen LogP contribution in [0.5, 0.6) is 11.5 Å². The van der Waals surface area contributed by atoms with Gasteiger partial charge in [0.2, 0.25) is 0 Å². The maximum atomic E-state index is 5.84. The molecule has 2 heterocycles. The van der Waals surface area contributed by atoms with Crippen LogP contribution in [0.2, 0.25) is 0 Å². The van der Waals surface area contributed by atoms with Gasteiger partial charge in [-0.2, -0.15) is 5.10 Å². The molecule has 0 fully saturated rings. The summed E-state index contributed by atoms with van der Waals surface area (Å²) in [7, 11) is 1.85. The quantitative estimate of drug-likeness (QED) is 0.785. The van der Waals surface area contributed by atoms with Gasteiger partial charge in [-0.25, -0.2) is 0 Å². The van der Waals surface area contributed by atoms with Crippen LogP contribution in [0.3, 0.4) is 0 Å². The molecule has 1 aromatic carbocycles. The van der Waals surface area contributed by atoms with Crippen molar-refractivity contribution in [3.05, 3.63) is 34.9 Å². The average Bonchev–Trinajstić information content (AvgIpc) is 2.70. The Morgan fingerprint density at radius 3 is 2.88 bits per heavy atom. The number of ether oxygens (including phenoxy) is 2. The molecule has 6 heteroatoms. The van der Waals surface area contributed by atoms with E-state index in [4.69, 9.17) is 21.7 Å². The molecule has 0 radical (unpaired) electrons. The maximum absolute atomic E-state index is 5.84. The zero-order chi connectivity index (χ0) is 11.8. The molecule has 2 aromatic rings. The number of aromatic nitrogens is 3. The summed E-state index contributed by atoms with van der Waals surface area (Å²) in [5.41, 5.74) is 0. The van der Waals surface area contributed by atoms with E-state index in [9.17, 15) is 0 Å². The molecule has 1 atom stereocenters. The van der Waals surface area contributed by atoms with Crippen LogP contribution >= 0.6 is 12.2 Å². The lowest BCUT2D eigenvalue weighted by Gasteiger charge is -2.25. The van der Waals surface area contributed by atoms with Crippen LogP contribution in [0, 0.1) is 4.77 Å². The highest BCUT2D eigenvalue weighted by Gasteiger charge is 2.25. The lowest BCUT2D eigenvalue weighted by atomic mass is 10.2. The molecule has 0 amide bonds. The number of para-hydroxylation sites is 2. The second-order valence-electron chi connectivity index (χ2n) is 3.81. The van der Waals surface area contributed by atoms with E-state index >= 15 is 0 Å². The fraction of sp³-hybridized carbons (Fsp3) is 0.273. The highest BCUT2D eigenvalue weighted by atomic mass is 32.1. The molecule has 1 N–H and O–H groups in total. The molecule has 88 valence electrons. The van der Waals surface area contributed by atoms with Gasteiger partial charge in [0.05, 0.1) is 0 Å². The summed E-state index contributed by atoms with van der Waals surface area (Å²) >= 11 is 5.07. The monoisotopic (exact) mass is 249 g/mol. The predicted octanol–water partition coefficient (Wildman–Crippen LogP) is 1.99. The van der Waals surface area contributed by atoms with E-state index in [2.05, 4.69) is 10.2 Å². The van der Waals surface area contributed by atoms with Crippen LogP contribution in [0.25, 0.3) is 0 Å². The van der Waals surface area contributed by atoms with Crippen LogP contribution in [-0.2, 0) is 7.05 Å². The van der Waals surface area contributed by atoms with Crippen LogP contribution in [0.4, 0.5) is 0 Å². The minimum atomic E-state index is -0.233. The second-order valence-corrected chi connectivity index (χ2v) is 4.20. The minimum Gasteiger partial charge on any atom is -0.485 e. The number of hydrogen-bond acceptors (Lipinski definition) is 4. The van der Waals surface area contributed by atoms with Crippen LogP contribution in [0.15, 0.2) is 24.3 Å². The van der Waals surface area contributed by atoms with Crippen molar-refractivity contribution < 1.29 is 9.47 Å². The van der Waals surface area contributed by atoms with Crippen LogP contribution < -0.4 is 9.47 Å². The van der Waals surface area contributed by atoms with Crippen molar-refractivity contribution in [2.24, 2.45) is 7.05 Å². The Hall–Kier alpha value is -1.82. The fourth-order valence-electron chi connectivity index (χ4n) is 1.79. The van der Waals surface area contributed by atoms with E-state index in [0.717, 1.165) is 17.3 Å². The van der Waals surface area contributed by atoms with E-state index in [-0.39, 0.29) is 6.10 Å². The molecule has 0 saturated heterocycles. The second kappa shape index (κ2) is 3.89. The topological polar surface area (TPSA) is 52.1 Å². The van der Waals surface area contributed by atoms with E-state index in [1.165, 1.54) is 0 Å². The van der Waals surface area contributed by atoms with Crippen molar-refractivity contribution in [1.82, 2.24) is 14.8 Å². The number of H-pyrrole nitrogens is 1. The van der Waals surface area contributed by atoms with Crippen molar-refractivity contribution in [3.8, 4) is 11.5 Å². The smallest absolute Gasteiger partial charge is 0.195 e. The fourth-order valence-corrected chi connectivity index (χ4v) is 1.93. The molecule has 1 aliphatic heterocycles. The Balaban J connectivity index is 1.94. The predicted molar refractivity (Wildman–Crippen MR) is 63.7 cm³/mol. The Kier molecular flexibility index (Phi) is 2.36. The van der Waals surface area contributed by atoms with Crippen molar-refractivity contribution >= 4 is 12.2 Å². The molecule has 0 unspecified atom stereocenters. The van der Waals surface area contributed by atoms with Crippen LogP contribution in [0.1, 0.15) is 11.9 Å². The Morgan fingerprint density at radius 2 is 2.18 bits per heavy atom. The lowest BCUT2D eigenvalue weighted by molar-refractivity contribution is 0.0828. The summed E-state index contributed by atoms with van der Waals surface area (Å²) in [6.07, 6.45) is -0.233. The number of benzene rings is 1. The van der Waals surface area contributed by atoms with E-state index in [1.54, 1.807) is 4.57 Å². The number of aromatic amines is 1. The van der Waals surface area contributed by atoms with E-state index < -0.39 is 0 Å². The molecule has 0 spiro atoms. The third kappa shape index (κ3) is 1.70. The van der Waals surface area contributed by atoms with Gasteiger partial charge in [0, 0.05) is 7.05 Å². The number of nitrogens with one attached hydrogen (secondary N) is 1. The normalized spacial score (nSPS) is 18.1. The van der Waals surface area contributed by atoms with Gasteiger partial charge in [0.15, 0.2) is 28.2 Å².